The summed E-state index contributed by atoms with van der Waals surface area (Å²) in [5, 5.41) is 0. The van der Waals surface area contributed by atoms with Gasteiger partial charge in [0.2, 0.25) is 0 Å². The molecule has 5 rings (SSSR count). The van der Waals surface area contributed by atoms with Crippen LogP contribution in [0.5, 0.6) is 0 Å². The molecule has 162 valence electrons. The van der Waals surface area contributed by atoms with Crippen molar-refractivity contribution in [1.82, 2.24) is 0 Å². The molecule has 0 spiro atoms. The Labute approximate surface area is 190 Å². The Bertz CT molecular complexity index is 1180. The van der Waals surface area contributed by atoms with Gasteiger partial charge in [-0.3, -0.25) is 4.79 Å². The van der Waals surface area contributed by atoms with Crippen LogP contribution in [0.4, 0.5) is 0 Å². The van der Waals surface area contributed by atoms with Crippen molar-refractivity contribution in [2.75, 3.05) is 0 Å². The van der Waals surface area contributed by atoms with E-state index in [2.05, 4.69) is 72.8 Å². The van der Waals surface area contributed by atoms with Crippen molar-refractivity contribution < 1.29 is 9.53 Å². The van der Waals surface area contributed by atoms with Crippen LogP contribution in [-0.4, -0.2) is 11.6 Å². The van der Waals surface area contributed by atoms with Crippen LogP contribution in [0.2, 0.25) is 0 Å². The Kier molecular flexibility index (Phi) is 5.25. The fraction of sp³-hybridized carbons (Fsp3) is 0.300. The van der Waals surface area contributed by atoms with Gasteiger partial charge in [0.05, 0.1) is 5.92 Å². The zero-order valence-corrected chi connectivity index (χ0v) is 19.1. The highest BCUT2D eigenvalue weighted by Crippen LogP contribution is 2.44. The topological polar surface area (TPSA) is 26.3 Å². The maximum Gasteiger partial charge on any atom is 0.314 e. The molecule has 2 aliphatic carbocycles. The van der Waals surface area contributed by atoms with Gasteiger partial charge in [0.1, 0.15) is 5.60 Å². The summed E-state index contributed by atoms with van der Waals surface area (Å²) in [6.45, 7) is 5.83. The second-order valence-electron chi connectivity index (χ2n) is 9.98. The molecule has 0 aromatic heterocycles. The van der Waals surface area contributed by atoms with E-state index in [4.69, 9.17) is 4.74 Å². The number of rotatable bonds is 3. The fourth-order valence-electron chi connectivity index (χ4n) is 5.23. The molecular formula is C30H30O2. The van der Waals surface area contributed by atoms with E-state index in [1.165, 1.54) is 33.4 Å². The third-order valence-electron chi connectivity index (χ3n) is 6.59. The Balaban J connectivity index is 1.59. The average Bonchev–Trinajstić information content (AvgIpc) is 2.77. The molecule has 0 bridgehead atoms. The molecule has 0 saturated carbocycles. The highest BCUT2D eigenvalue weighted by atomic mass is 16.6. The van der Waals surface area contributed by atoms with E-state index in [9.17, 15) is 4.79 Å². The molecule has 2 atom stereocenters. The Hall–Kier alpha value is -3.13. The predicted octanol–water partition coefficient (Wildman–Crippen LogP) is 6.76. The molecule has 0 radical (unpaired) electrons. The van der Waals surface area contributed by atoms with Crippen molar-refractivity contribution in [2.24, 2.45) is 5.92 Å². The maximum atomic E-state index is 13.5. The Morgan fingerprint density at radius 1 is 0.906 bits per heavy atom. The van der Waals surface area contributed by atoms with Crippen molar-refractivity contribution in [2.45, 2.75) is 51.6 Å². The molecule has 0 aliphatic heterocycles. The average molecular weight is 423 g/mol. The summed E-state index contributed by atoms with van der Waals surface area (Å²) in [5.41, 5.74) is 8.46. The van der Waals surface area contributed by atoms with Crippen molar-refractivity contribution in [3.8, 4) is 11.1 Å². The lowest BCUT2D eigenvalue weighted by atomic mass is 9.72. The number of aryl methyl sites for hydroxylation is 1. The number of carbonyl (C=O) groups excluding carboxylic acids is 1. The van der Waals surface area contributed by atoms with Gasteiger partial charge in [-0.15, -0.1) is 0 Å². The normalized spacial score (nSPS) is 19.0. The summed E-state index contributed by atoms with van der Waals surface area (Å²) in [6, 6.07) is 23.5. The number of hydrogen-bond acceptors (Lipinski definition) is 2. The van der Waals surface area contributed by atoms with Crippen LogP contribution < -0.4 is 0 Å². The summed E-state index contributed by atoms with van der Waals surface area (Å²) in [6.07, 6.45) is 7.37. The van der Waals surface area contributed by atoms with E-state index in [1.54, 1.807) is 0 Å². The molecule has 2 unspecified atom stereocenters. The van der Waals surface area contributed by atoms with E-state index in [0.717, 1.165) is 24.8 Å². The van der Waals surface area contributed by atoms with Crippen LogP contribution in [0, 0.1) is 5.92 Å². The van der Waals surface area contributed by atoms with Crippen LogP contribution in [0.1, 0.15) is 54.5 Å². The highest BCUT2D eigenvalue weighted by molar-refractivity contribution is 5.86. The second kappa shape index (κ2) is 8.09. The number of esters is 1. The quantitative estimate of drug-likeness (QED) is 0.436. The largest absolute Gasteiger partial charge is 0.459 e. The molecule has 0 amide bonds. The zero-order chi connectivity index (χ0) is 22.3. The van der Waals surface area contributed by atoms with Gasteiger partial charge in [0, 0.05) is 0 Å². The molecule has 0 N–H and O–H groups in total. The van der Waals surface area contributed by atoms with E-state index < -0.39 is 5.60 Å². The number of carbonyl (C=O) groups is 1. The van der Waals surface area contributed by atoms with Crippen molar-refractivity contribution in [3.05, 3.63) is 101 Å². The SMILES string of the molecule is CC(C)(C)OC(=O)C1c2ccc3c(c2C=CC1Cc1ccccc1)CCc1ccccc1-3. The summed E-state index contributed by atoms with van der Waals surface area (Å²) in [5.74, 6) is -0.342. The van der Waals surface area contributed by atoms with Crippen LogP contribution in [0.3, 0.4) is 0 Å². The maximum absolute atomic E-state index is 13.5. The summed E-state index contributed by atoms with van der Waals surface area (Å²) in [4.78, 5) is 13.5. The minimum atomic E-state index is -0.511. The van der Waals surface area contributed by atoms with Crippen LogP contribution >= 0.6 is 0 Å². The molecule has 3 aromatic carbocycles. The lowest BCUT2D eigenvalue weighted by Gasteiger charge is -2.33. The number of benzene rings is 3. The van der Waals surface area contributed by atoms with Crippen LogP contribution in [-0.2, 0) is 28.8 Å². The monoisotopic (exact) mass is 422 g/mol. The molecule has 32 heavy (non-hydrogen) atoms. The number of ether oxygens (including phenoxy) is 1. The van der Waals surface area contributed by atoms with Gasteiger partial charge < -0.3 is 4.74 Å². The van der Waals surface area contributed by atoms with Gasteiger partial charge in [0.15, 0.2) is 0 Å². The van der Waals surface area contributed by atoms with Crippen molar-refractivity contribution >= 4 is 12.0 Å². The van der Waals surface area contributed by atoms with E-state index in [0.29, 0.717) is 0 Å². The summed E-state index contributed by atoms with van der Waals surface area (Å²) < 4.78 is 5.93. The molecule has 2 heteroatoms. The fourth-order valence-corrected chi connectivity index (χ4v) is 5.23. The van der Waals surface area contributed by atoms with Gasteiger partial charge in [-0.1, -0.05) is 78.9 Å². The Morgan fingerprint density at radius 2 is 1.66 bits per heavy atom. The predicted molar refractivity (Wildman–Crippen MR) is 131 cm³/mol. The van der Waals surface area contributed by atoms with Gasteiger partial charge >= 0.3 is 5.97 Å². The van der Waals surface area contributed by atoms with E-state index >= 15 is 0 Å². The first kappa shape index (κ1) is 20.8. The lowest BCUT2D eigenvalue weighted by Crippen LogP contribution is -2.33. The summed E-state index contributed by atoms with van der Waals surface area (Å²) >= 11 is 0. The third-order valence-corrected chi connectivity index (χ3v) is 6.59. The molecule has 2 nitrogen and oxygen atoms in total. The minimum Gasteiger partial charge on any atom is -0.459 e. The Morgan fingerprint density at radius 3 is 2.44 bits per heavy atom. The van der Waals surface area contributed by atoms with E-state index in [-0.39, 0.29) is 17.8 Å². The summed E-state index contributed by atoms with van der Waals surface area (Å²) in [7, 11) is 0. The molecule has 3 aromatic rings. The third kappa shape index (κ3) is 3.90. The molecular weight excluding hydrogens is 392 g/mol. The highest BCUT2D eigenvalue weighted by Gasteiger charge is 2.37. The van der Waals surface area contributed by atoms with Crippen molar-refractivity contribution in [1.29, 1.82) is 0 Å². The molecule has 0 saturated heterocycles. The lowest BCUT2D eigenvalue weighted by molar-refractivity contribution is -0.157. The van der Waals surface area contributed by atoms with Gasteiger partial charge in [-0.2, -0.15) is 0 Å². The first-order valence-electron chi connectivity index (χ1n) is 11.6. The molecule has 0 heterocycles. The van der Waals surface area contributed by atoms with Crippen molar-refractivity contribution in [3.63, 3.8) is 0 Å². The number of fused-ring (bicyclic) bond motifs is 5. The van der Waals surface area contributed by atoms with Gasteiger partial charge in [-0.25, -0.2) is 0 Å². The standard InChI is InChI=1S/C30H30O2/c1-30(2,3)32-29(31)28-22(19-20-9-5-4-6-10-20)14-16-26-25-15-13-21-11-7-8-12-23(21)24(25)17-18-27(26)28/h4-12,14,16-18,22,28H,13,15,19H2,1-3H3. The first-order valence-corrected chi connectivity index (χ1v) is 11.6. The molecule has 0 fully saturated rings. The first-order chi connectivity index (χ1) is 15.4. The van der Waals surface area contributed by atoms with Crippen LogP contribution in [0.15, 0.2) is 72.8 Å². The zero-order valence-electron chi connectivity index (χ0n) is 19.1. The smallest absolute Gasteiger partial charge is 0.314 e. The minimum absolute atomic E-state index is 0.0775. The van der Waals surface area contributed by atoms with Crippen LogP contribution in [0.25, 0.3) is 17.2 Å². The van der Waals surface area contributed by atoms with Gasteiger partial charge in [-0.05, 0) is 84.9 Å². The molecule has 2 aliphatic rings. The van der Waals surface area contributed by atoms with E-state index in [1.807, 2.05) is 26.8 Å². The second-order valence-corrected chi connectivity index (χ2v) is 9.98. The number of allylic oxidation sites excluding steroid dienone is 1. The van der Waals surface area contributed by atoms with Gasteiger partial charge in [0.25, 0.3) is 0 Å². The number of hydrogen-bond donors (Lipinski definition) is 0.